The molecular weight excluding hydrogens is 500 g/mol. The number of carbonyl (C=O) groups excluding carboxylic acids is 1. The summed E-state index contributed by atoms with van der Waals surface area (Å²) in [5.74, 6) is 0.00570. The van der Waals surface area contributed by atoms with Crippen molar-refractivity contribution >= 4 is 49.2 Å². The molecule has 2 heterocycles. The predicted octanol–water partition coefficient (Wildman–Crippen LogP) is 6.40. The predicted molar refractivity (Wildman–Crippen MR) is 142 cm³/mol. The second-order valence-corrected chi connectivity index (χ2v) is 10.1. The number of aromatic nitrogens is 1. The van der Waals surface area contributed by atoms with Crippen LogP contribution < -0.4 is 10.6 Å². The van der Waals surface area contributed by atoms with Crippen molar-refractivity contribution in [3.05, 3.63) is 99.4 Å². The van der Waals surface area contributed by atoms with Crippen LogP contribution in [0.4, 0.5) is 5.69 Å². The molecule has 0 unspecified atom stereocenters. The normalized spacial score (nSPS) is 18.4. The van der Waals surface area contributed by atoms with E-state index >= 15 is 0 Å². The fraction of sp³-hybridized carbons (Fsp3) is 0.172. The first-order valence-electron chi connectivity index (χ1n) is 11.7. The molecule has 4 aromatic rings. The summed E-state index contributed by atoms with van der Waals surface area (Å²) in [5.41, 5.74) is 12.8. The number of halogens is 1. The third-order valence-electron chi connectivity index (χ3n) is 7.25. The number of nitriles is 1. The number of fused-ring (bicyclic) bond motifs is 3. The van der Waals surface area contributed by atoms with E-state index in [0.29, 0.717) is 23.4 Å². The zero-order valence-corrected chi connectivity index (χ0v) is 20.8. The van der Waals surface area contributed by atoms with Gasteiger partial charge >= 0.3 is 0 Å². The molecule has 0 spiro atoms. The van der Waals surface area contributed by atoms with Gasteiger partial charge < -0.3 is 10.3 Å². The molecule has 1 aliphatic heterocycles. The Labute approximate surface area is 211 Å². The van der Waals surface area contributed by atoms with Gasteiger partial charge in [0.05, 0.1) is 17.6 Å². The number of para-hydroxylation sites is 1. The van der Waals surface area contributed by atoms with Crippen LogP contribution in [0.1, 0.15) is 30.7 Å². The molecule has 2 N–H and O–H groups in total. The zero-order chi connectivity index (χ0) is 24.3. The van der Waals surface area contributed by atoms with Crippen LogP contribution in [0.15, 0.2) is 93.9 Å². The number of allylic oxidation sites excluding steroid dienone is 3. The summed E-state index contributed by atoms with van der Waals surface area (Å²) in [6.07, 6.45) is 1.99. The number of ketones is 1. The Hall–Kier alpha value is -3.82. The molecule has 3 aromatic carbocycles. The Morgan fingerprint density at radius 3 is 2.60 bits per heavy atom. The highest BCUT2D eigenvalue weighted by molar-refractivity contribution is 9.10. The quantitative estimate of drug-likeness (QED) is 0.330. The average molecular weight is 523 g/mol. The number of aryl methyl sites for hydroxylation is 1. The zero-order valence-electron chi connectivity index (χ0n) is 19.3. The van der Waals surface area contributed by atoms with Gasteiger partial charge in [-0.1, -0.05) is 46.3 Å². The number of nitrogens with zero attached hydrogens (tertiary/aromatic N) is 3. The Balaban J connectivity index is 1.61. The van der Waals surface area contributed by atoms with E-state index in [-0.39, 0.29) is 5.78 Å². The summed E-state index contributed by atoms with van der Waals surface area (Å²) in [4.78, 5) is 15.3. The molecule has 6 heteroatoms. The van der Waals surface area contributed by atoms with Gasteiger partial charge in [-0.3, -0.25) is 9.69 Å². The molecule has 0 saturated carbocycles. The van der Waals surface area contributed by atoms with Crippen LogP contribution in [0.2, 0.25) is 0 Å². The van der Waals surface area contributed by atoms with Crippen LogP contribution in [0.3, 0.4) is 0 Å². The van der Waals surface area contributed by atoms with E-state index in [4.69, 9.17) is 5.73 Å². The van der Waals surface area contributed by atoms with E-state index in [2.05, 4.69) is 57.9 Å². The molecule has 0 fully saturated rings. The van der Waals surface area contributed by atoms with E-state index in [1.807, 2.05) is 47.4 Å². The Kier molecular flexibility index (Phi) is 5.05. The number of rotatable bonds is 2. The summed E-state index contributed by atoms with van der Waals surface area (Å²) in [6.45, 7) is 0. The van der Waals surface area contributed by atoms with Crippen LogP contribution >= 0.6 is 15.9 Å². The molecule has 35 heavy (non-hydrogen) atoms. The highest BCUT2D eigenvalue weighted by Crippen LogP contribution is 2.47. The smallest absolute Gasteiger partial charge is 0.161 e. The van der Waals surface area contributed by atoms with Gasteiger partial charge in [0.2, 0.25) is 0 Å². The molecule has 6 rings (SSSR count). The second kappa shape index (κ2) is 8.14. The van der Waals surface area contributed by atoms with Crippen molar-refractivity contribution < 1.29 is 4.79 Å². The first-order chi connectivity index (χ1) is 17.0. The number of hydrogen-bond acceptors (Lipinski definition) is 4. The summed E-state index contributed by atoms with van der Waals surface area (Å²) < 4.78 is 3.09. The van der Waals surface area contributed by atoms with Crippen molar-refractivity contribution in [2.45, 2.75) is 25.2 Å². The topological polar surface area (TPSA) is 75.0 Å². The Bertz CT molecular complexity index is 1650. The summed E-state index contributed by atoms with van der Waals surface area (Å²) >= 11 is 3.54. The van der Waals surface area contributed by atoms with Crippen molar-refractivity contribution in [1.82, 2.24) is 4.57 Å². The van der Waals surface area contributed by atoms with Crippen LogP contribution in [-0.4, -0.2) is 10.4 Å². The average Bonchev–Trinajstić information content (AvgIpc) is 3.15. The van der Waals surface area contributed by atoms with E-state index in [1.54, 1.807) is 0 Å². The van der Waals surface area contributed by atoms with E-state index in [1.165, 1.54) is 0 Å². The van der Waals surface area contributed by atoms with Crippen LogP contribution in [-0.2, 0) is 11.8 Å². The maximum absolute atomic E-state index is 13.4. The maximum atomic E-state index is 13.4. The number of Topliss-reactive ketones (excluding diaryl/α,β-unsaturated/α-hetero) is 1. The van der Waals surface area contributed by atoms with Gasteiger partial charge in [-0.15, -0.1) is 0 Å². The first-order valence-corrected chi connectivity index (χ1v) is 12.5. The Morgan fingerprint density at radius 1 is 1.00 bits per heavy atom. The van der Waals surface area contributed by atoms with Gasteiger partial charge in [0.15, 0.2) is 5.78 Å². The van der Waals surface area contributed by atoms with E-state index in [0.717, 1.165) is 56.1 Å². The fourth-order valence-electron chi connectivity index (χ4n) is 5.69. The van der Waals surface area contributed by atoms with Crippen molar-refractivity contribution in [1.29, 1.82) is 5.26 Å². The number of anilines is 1. The van der Waals surface area contributed by atoms with E-state index in [9.17, 15) is 10.1 Å². The molecule has 0 amide bonds. The van der Waals surface area contributed by atoms with Crippen molar-refractivity contribution in [2.75, 3.05) is 4.90 Å². The second-order valence-electron chi connectivity index (χ2n) is 9.15. The van der Waals surface area contributed by atoms with Gasteiger partial charge in [-0.05, 0) is 54.8 Å². The number of carbonyl (C=O) groups is 1. The van der Waals surface area contributed by atoms with E-state index < -0.39 is 5.92 Å². The molecule has 172 valence electrons. The molecule has 0 saturated heterocycles. The molecular formula is C29H23BrN4O. The van der Waals surface area contributed by atoms with Crippen LogP contribution in [0.25, 0.3) is 21.8 Å². The lowest BCUT2D eigenvalue weighted by Crippen LogP contribution is -2.38. The van der Waals surface area contributed by atoms with Gasteiger partial charge in [0, 0.05) is 56.7 Å². The molecule has 1 aromatic heterocycles. The van der Waals surface area contributed by atoms with Crippen LogP contribution in [0, 0.1) is 11.3 Å². The molecule has 2 aliphatic rings. The molecule has 1 aliphatic carbocycles. The summed E-state index contributed by atoms with van der Waals surface area (Å²) in [5, 5.41) is 12.6. The van der Waals surface area contributed by atoms with Crippen LogP contribution in [0.5, 0.6) is 0 Å². The van der Waals surface area contributed by atoms with Crippen molar-refractivity contribution in [2.24, 2.45) is 12.8 Å². The number of hydrogen-bond donors (Lipinski definition) is 1. The minimum Gasteiger partial charge on any atom is -0.384 e. The summed E-state index contributed by atoms with van der Waals surface area (Å²) in [7, 11) is 2.06. The molecule has 1 atom stereocenters. The number of nitrogens with two attached hydrogens (primary N) is 1. The fourth-order valence-corrected chi connectivity index (χ4v) is 6.08. The van der Waals surface area contributed by atoms with Gasteiger partial charge in [-0.2, -0.15) is 5.26 Å². The number of benzene rings is 3. The van der Waals surface area contributed by atoms with Gasteiger partial charge in [0.25, 0.3) is 0 Å². The lowest BCUT2D eigenvalue weighted by atomic mass is 9.75. The molecule has 0 bridgehead atoms. The summed E-state index contributed by atoms with van der Waals surface area (Å²) in [6, 6.07) is 24.7. The maximum Gasteiger partial charge on any atom is 0.161 e. The minimum absolute atomic E-state index is 0.0921. The standard InChI is InChI=1S/C29H23BrN4O/c1-33-23-9-3-2-8-20(23)21-14-17(12-13-24(21)33)27-22(16-31)29(32)34(19-7-4-6-18(30)15-19)25-10-5-11-26(35)28(25)27/h2-4,6-9,12-15,27H,5,10-11,32H2,1H3/t27-/m0/s1. The largest absolute Gasteiger partial charge is 0.384 e. The minimum atomic E-state index is -0.477. The monoisotopic (exact) mass is 522 g/mol. The first kappa shape index (κ1) is 21.7. The highest BCUT2D eigenvalue weighted by atomic mass is 79.9. The third kappa shape index (κ3) is 3.23. The SMILES string of the molecule is Cn1c2ccccc2c2cc([C@H]3C(C#N)=C(N)N(c4cccc(Br)c4)C4=C3C(=O)CCC4)ccc21. The molecule has 0 radical (unpaired) electrons. The lowest BCUT2D eigenvalue weighted by molar-refractivity contribution is -0.116. The van der Waals surface area contributed by atoms with Crippen molar-refractivity contribution in [3.8, 4) is 6.07 Å². The molecule has 5 nitrogen and oxygen atoms in total. The lowest BCUT2D eigenvalue weighted by Gasteiger charge is -2.39. The van der Waals surface area contributed by atoms with Gasteiger partial charge in [0.1, 0.15) is 5.82 Å². The Morgan fingerprint density at radius 2 is 1.80 bits per heavy atom. The third-order valence-corrected chi connectivity index (χ3v) is 7.74. The van der Waals surface area contributed by atoms with Gasteiger partial charge in [-0.25, -0.2) is 0 Å². The highest BCUT2D eigenvalue weighted by Gasteiger charge is 2.40. The van der Waals surface area contributed by atoms with Crippen molar-refractivity contribution in [3.63, 3.8) is 0 Å².